The van der Waals surface area contributed by atoms with Crippen molar-refractivity contribution in [3.8, 4) is 0 Å². The summed E-state index contributed by atoms with van der Waals surface area (Å²) in [6, 6.07) is 5.12. The molecule has 2 aromatic rings. The molecule has 4 heteroatoms. The lowest BCUT2D eigenvalue weighted by atomic mass is 10.2. The van der Waals surface area contributed by atoms with Gasteiger partial charge in [-0.2, -0.15) is 16.4 Å². The summed E-state index contributed by atoms with van der Waals surface area (Å²) in [5.74, 6) is 0. The third-order valence-electron chi connectivity index (χ3n) is 3.34. The van der Waals surface area contributed by atoms with Gasteiger partial charge in [0.05, 0.1) is 5.69 Å². The lowest BCUT2D eigenvalue weighted by Crippen LogP contribution is -2.18. The highest BCUT2D eigenvalue weighted by Gasteiger charge is 2.07. The van der Waals surface area contributed by atoms with Gasteiger partial charge in [0, 0.05) is 24.8 Å². The van der Waals surface area contributed by atoms with E-state index in [1.54, 1.807) is 11.3 Å². The second-order valence-electron chi connectivity index (χ2n) is 4.70. The number of rotatable bonds is 6. The van der Waals surface area contributed by atoms with Crippen molar-refractivity contribution in [3.05, 3.63) is 40.3 Å². The zero-order chi connectivity index (χ0) is 13.0. The minimum Gasteiger partial charge on any atom is -0.304 e. The normalized spacial score (nSPS) is 14.6. The molecule has 0 saturated heterocycles. The quantitative estimate of drug-likeness (QED) is 0.860. The van der Waals surface area contributed by atoms with Crippen LogP contribution in [0.2, 0.25) is 0 Å². The van der Waals surface area contributed by atoms with Crippen molar-refractivity contribution < 1.29 is 0 Å². The Morgan fingerprint density at radius 1 is 1.39 bits per heavy atom. The van der Waals surface area contributed by atoms with Gasteiger partial charge in [0.15, 0.2) is 0 Å². The van der Waals surface area contributed by atoms with E-state index in [2.05, 4.69) is 60.3 Å². The topological polar surface area (TPSA) is 29.9 Å². The van der Waals surface area contributed by atoms with Gasteiger partial charge in [-0.25, -0.2) is 0 Å². The lowest BCUT2D eigenvalue weighted by Gasteiger charge is -2.11. The molecule has 18 heavy (non-hydrogen) atoms. The SMILES string of the molecule is CCC(C)n1ccc(CNC(C)c2ccsc2)n1. The van der Waals surface area contributed by atoms with Gasteiger partial charge < -0.3 is 5.32 Å². The average Bonchev–Trinajstić information content (AvgIpc) is 3.05. The second-order valence-corrected chi connectivity index (χ2v) is 5.48. The molecule has 0 aliphatic heterocycles. The van der Waals surface area contributed by atoms with E-state index in [4.69, 9.17) is 0 Å². The van der Waals surface area contributed by atoms with Crippen LogP contribution < -0.4 is 5.32 Å². The summed E-state index contributed by atoms with van der Waals surface area (Å²) in [5.41, 5.74) is 2.46. The van der Waals surface area contributed by atoms with Crippen molar-refractivity contribution in [2.75, 3.05) is 0 Å². The molecule has 2 aromatic heterocycles. The second kappa shape index (κ2) is 6.16. The van der Waals surface area contributed by atoms with E-state index in [0.717, 1.165) is 18.7 Å². The number of hydrogen-bond donors (Lipinski definition) is 1. The average molecular weight is 263 g/mol. The summed E-state index contributed by atoms with van der Waals surface area (Å²) in [6.07, 6.45) is 3.18. The van der Waals surface area contributed by atoms with Crippen LogP contribution in [0.3, 0.4) is 0 Å². The Kier molecular flexibility index (Phi) is 4.55. The van der Waals surface area contributed by atoms with Crippen LogP contribution in [0.25, 0.3) is 0 Å². The van der Waals surface area contributed by atoms with Crippen molar-refractivity contribution in [2.24, 2.45) is 0 Å². The van der Waals surface area contributed by atoms with Crippen LogP contribution in [-0.2, 0) is 6.54 Å². The predicted octanol–water partition coefficient (Wildman–Crippen LogP) is 3.77. The summed E-state index contributed by atoms with van der Waals surface area (Å²) in [6.45, 7) is 7.38. The van der Waals surface area contributed by atoms with Crippen LogP contribution in [0, 0.1) is 0 Å². The predicted molar refractivity (Wildman–Crippen MR) is 76.8 cm³/mol. The van der Waals surface area contributed by atoms with Crippen LogP contribution in [-0.4, -0.2) is 9.78 Å². The molecule has 0 aliphatic rings. The molecule has 0 radical (unpaired) electrons. The lowest BCUT2D eigenvalue weighted by molar-refractivity contribution is 0.468. The summed E-state index contributed by atoms with van der Waals surface area (Å²) >= 11 is 1.74. The molecule has 0 aliphatic carbocycles. The van der Waals surface area contributed by atoms with Gasteiger partial charge >= 0.3 is 0 Å². The molecule has 0 bridgehead atoms. The molecule has 2 atom stereocenters. The highest BCUT2D eigenvalue weighted by atomic mass is 32.1. The molecule has 1 N–H and O–H groups in total. The zero-order valence-electron chi connectivity index (χ0n) is 11.3. The first-order chi connectivity index (χ1) is 8.70. The summed E-state index contributed by atoms with van der Waals surface area (Å²) < 4.78 is 2.05. The molecule has 0 saturated carbocycles. The minimum absolute atomic E-state index is 0.380. The molecule has 0 spiro atoms. The summed E-state index contributed by atoms with van der Waals surface area (Å²) in [5, 5.41) is 12.4. The molecule has 2 heterocycles. The van der Waals surface area contributed by atoms with Crippen LogP contribution in [0.1, 0.15) is 50.5 Å². The van der Waals surface area contributed by atoms with E-state index in [-0.39, 0.29) is 0 Å². The highest BCUT2D eigenvalue weighted by molar-refractivity contribution is 7.07. The van der Waals surface area contributed by atoms with Crippen LogP contribution in [0.5, 0.6) is 0 Å². The third kappa shape index (κ3) is 3.21. The Bertz CT molecular complexity index is 461. The molecule has 2 unspecified atom stereocenters. The van der Waals surface area contributed by atoms with Crippen molar-refractivity contribution in [2.45, 2.75) is 45.8 Å². The first-order valence-electron chi connectivity index (χ1n) is 6.50. The molecule has 2 rings (SSSR count). The summed E-state index contributed by atoms with van der Waals surface area (Å²) in [7, 11) is 0. The molecule has 0 fully saturated rings. The Morgan fingerprint density at radius 2 is 2.22 bits per heavy atom. The van der Waals surface area contributed by atoms with Crippen LogP contribution in [0.15, 0.2) is 29.1 Å². The first-order valence-corrected chi connectivity index (χ1v) is 7.44. The zero-order valence-corrected chi connectivity index (χ0v) is 12.1. The number of nitrogens with zero attached hydrogens (tertiary/aromatic N) is 2. The maximum Gasteiger partial charge on any atom is 0.0762 e. The Labute approximate surface area is 113 Å². The van der Waals surface area contributed by atoms with Crippen molar-refractivity contribution in [1.82, 2.24) is 15.1 Å². The number of nitrogens with one attached hydrogen (secondary N) is 1. The fourth-order valence-electron chi connectivity index (χ4n) is 1.80. The van der Waals surface area contributed by atoms with E-state index < -0.39 is 0 Å². The van der Waals surface area contributed by atoms with Crippen molar-refractivity contribution in [1.29, 1.82) is 0 Å². The monoisotopic (exact) mass is 263 g/mol. The number of thiophene rings is 1. The van der Waals surface area contributed by atoms with Gasteiger partial charge in [0.1, 0.15) is 0 Å². The van der Waals surface area contributed by atoms with Crippen LogP contribution in [0.4, 0.5) is 0 Å². The van der Waals surface area contributed by atoms with Gasteiger partial charge in [-0.15, -0.1) is 0 Å². The maximum atomic E-state index is 4.59. The molecular weight excluding hydrogens is 242 g/mol. The highest BCUT2D eigenvalue weighted by Crippen LogP contribution is 2.16. The van der Waals surface area contributed by atoms with E-state index in [1.165, 1.54) is 5.56 Å². The van der Waals surface area contributed by atoms with Crippen molar-refractivity contribution in [3.63, 3.8) is 0 Å². The maximum absolute atomic E-state index is 4.59. The van der Waals surface area contributed by atoms with E-state index >= 15 is 0 Å². The van der Waals surface area contributed by atoms with Gasteiger partial charge in [-0.1, -0.05) is 6.92 Å². The fourth-order valence-corrected chi connectivity index (χ4v) is 2.56. The van der Waals surface area contributed by atoms with Gasteiger partial charge in [-0.05, 0) is 48.7 Å². The summed E-state index contributed by atoms with van der Waals surface area (Å²) in [4.78, 5) is 0. The van der Waals surface area contributed by atoms with E-state index in [1.807, 2.05) is 4.68 Å². The van der Waals surface area contributed by atoms with Gasteiger partial charge in [-0.3, -0.25) is 4.68 Å². The minimum atomic E-state index is 0.380. The first kappa shape index (κ1) is 13.3. The molecule has 3 nitrogen and oxygen atoms in total. The standard InChI is InChI=1S/C14H21N3S/c1-4-11(2)17-7-5-14(16-17)9-15-12(3)13-6-8-18-10-13/h5-8,10-12,15H,4,9H2,1-3H3. The smallest absolute Gasteiger partial charge is 0.0762 e. The fraction of sp³-hybridized carbons (Fsp3) is 0.500. The molecular formula is C14H21N3S. The third-order valence-corrected chi connectivity index (χ3v) is 4.04. The Hall–Kier alpha value is -1.13. The largest absolute Gasteiger partial charge is 0.304 e. The van der Waals surface area contributed by atoms with Crippen LogP contribution >= 0.6 is 11.3 Å². The van der Waals surface area contributed by atoms with E-state index in [9.17, 15) is 0 Å². The Morgan fingerprint density at radius 3 is 2.89 bits per heavy atom. The number of aromatic nitrogens is 2. The van der Waals surface area contributed by atoms with E-state index in [0.29, 0.717) is 12.1 Å². The molecule has 0 amide bonds. The number of hydrogen-bond acceptors (Lipinski definition) is 3. The van der Waals surface area contributed by atoms with Gasteiger partial charge in [0.25, 0.3) is 0 Å². The van der Waals surface area contributed by atoms with Crippen molar-refractivity contribution >= 4 is 11.3 Å². The molecule has 98 valence electrons. The van der Waals surface area contributed by atoms with Gasteiger partial charge in [0.2, 0.25) is 0 Å². The molecule has 0 aromatic carbocycles. The Balaban J connectivity index is 1.88.